The molecule has 9 heteroatoms. The first-order chi connectivity index (χ1) is 15.8. The number of carbonyl (C=O) groups is 3. The Morgan fingerprint density at radius 1 is 1.06 bits per heavy atom. The molecule has 0 saturated carbocycles. The van der Waals surface area contributed by atoms with Gasteiger partial charge in [-0.2, -0.15) is 5.10 Å². The number of nitrogens with zero attached hydrogens (tertiary/aromatic N) is 3. The van der Waals surface area contributed by atoms with E-state index in [1.54, 1.807) is 32.2 Å². The van der Waals surface area contributed by atoms with Gasteiger partial charge in [0.15, 0.2) is 5.69 Å². The van der Waals surface area contributed by atoms with E-state index in [2.05, 4.69) is 15.7 Å². The molecule has 0 radical (unpaired) electrons. The highest BCUT2D eigenvalue weighted by Crippen LogP contribution is 2.26. The van der Waals surface area contributed by atoms with E-state index < -0.39 is 23.2 Å². The van der Waals surface area contributed by atoms with Gasteiger partial charge in [0, 0.05) is 31.8 Å². The number of aromatic nitrogens is 2. The molecule has 0 fully saturated rings. The number of hydrogen-bond acceptors (Lipinski definition) is 4. The van der Waals surface area contributed by atoms with Crippen LogP contribution < -0.4 is 10.6 Å². The fourth-order valence-corrected chi connectivity index (χ4v) is 3.71. The summed E-state index contributed by atoms with van der Waals surface area (Å²) in [5.74, 6) is -1.70. The van der Waals surface area contributed by atoms with Crippen molar-refractivity contribution in [3.05, 3.63) is 89.0 Å². The van der Waals surface area contributed by atoms with Gasteiger partial charge in [-0.3, -0.25) is 19.1 Å². The van der Waals surface area contributed by atoms with Crippen LogP contribution in [0.15, 0.2) is 60.7 Å². The normalized spacial score (nSPS) is 17.4. The molecule has 2 N–H and O–H groups in total. The molecular formula is C24H24FN5O3. The molecule has 0 saturated heterocycles. The Bertz CT molecular complexity index is 1210. The van der Waals surface area contributed by atoms with Crippen molar-refractivity contribution in [2.45, 2.75) is 32.1 Å². The van der Waals surface area contributed by atoms with Gasteiger partial charge in [-0.15, -0.1) is 0 Å². The van der Waals surface area contributed by atoms with Crippen LogP contribution in [-0.4, -0.2) is 45.0 Å². The third kappa shape index (κ3) is 4.34. The molecule has 8 nitrogen and oxygen atoms in total. The van der Waals surface area contributed by atoms with Crippen LogP contribution in [0.3, 0.4) is 0 Å². The first-order valence-corrected chi connectivity index (χ1v) is 10.5. The van der Waals surface area contributed by atoms with Gasteiger partial charge in [-0.05, 0) is 18.6 Å². The molecule has 0 spiro atoms. The summed E-state index contributed by atoms with van der Waals surface area (Å²) in [6.45, 7) is 2.06. The van der Waals surface area contributed by atoms with E-state index >= 15 is 0 Å². The molecule has 1 atom stereocenters. The quantitative estimate of drug-likeness (QED) is 0.603. The Hall–Kier alpha value is -4.01. The average Bonchev–Trinajstić information content (AvgIpc) is 3.25. The standard InChI is InChI=1S/C24H24FN5O3/c1-24(23(33)27-13-16-8-4-3-5-9-16)15-30-20(22(32)29(24)2)12-19(28-30)21(31)26-14-17-10-6-7-11-18(17)25/h3-12H,13-15H2,1-2H3,(H,26,31)(H,27,33)/t24-/m0/s1. The number of nitrogens with one attached hydrogen (secondary N) is 2. The molecule has 3 amide bonds. The number of rotatable bonds is 6. The third-order valence-electron chi connectivity index (χ3n) is 5.92. The van der Waals surface area contributed by atoms with Gasteiger partial charge in [0.1, 0.15) is 17.1 Å². The smallest absolute Gasteiger partial charge is 0.272 e. The topological polar surface area (TPSA) is 96.3 Å². The van der Waals surface area contributed by atoms with Gasteiger partial charge in [0.05, 0.1) is 6.54 Å². The second-order valence-corrected chi connectivity index (χ2v) is 8.15. The summed E-state index contributed by atoms with van der Waals surface area (Å²) >= 11 is 0. The van der Waals surface area contributed by atoms with Crippen LogP contribution in [0.4, 0.5) is 4.39 Å². The van der Waals surface area contributed by atoms with Gasteiger partial charge in [0.2, 0.25) is 5.91 Å². The summed E-state index contributed by atoms with van der Waals surface area (Å²) in [6, 6.07) is 17.0. The second kappa shape index (κ2) is 8.85. The summed E-state index contributed by atoms with van der Waals surface area (Å²) < 4.78 is 15.2. The minimum atomic E-state index is -1.19. The molecule has 0 unspecified atom stereocenters. The highest BCUT2D eigenvalue weighted by Gasteiger charge is 2.46. The zero-order valence-electron chi connectivity index (χ0n) is 18.3. The molecule has 2 heterocycles. The Morgan fingerprint density at radius 3 is 2.48 bits per heavy atom. The molecule has 170 valence electrons. The highest BCUT2D eigenvalue weighted by molar-refractivity contribution is 6.01. The van der Waals surface area contributed by atoms with Crippen LogP contribution in [-0.2, 0) is 24.4 Å². The van der Waals surface area contributed by atoms with Gasteiger partial charge in [0.25, 0.3) is 11.8 Å². The van der Waals surface area contributed by atoms with E-state index in [4.69, 9.17) is 0 Å². The maximum absolute atomic E-state index is 13.8. The van der Waals surface area contributed by atoms with Crippen LogP contribution in [0.5, 0.6) is 0 Å². The maximum atomic E-state index is 13.8. The van der Waals surface area contributed by atoms with Gasteiger partial charge in [-0.25, -0.2) is 4.39 Å². The minimum Gasteiger partial charge on any atom is -0.350 e. The summed E-state index contributed by atoms with van der Waals surface area (Å²) in [7, 11) is 1.55. The maximum Gasteiger partial charge on any atom is 0.272 e. The van der Waals surface area contributed by atoms with Crippen LogP contribution in [0.25, 0.3) is 0 Å². The minimum absolute atomic E-state index is 0.0127. The molecule has 0 aliphatic carbocycles. The lowest BCUT2D eigenvalue weighted by Gasteiger charge is -2.40. The van der Waals surface area contributed by atoms with Crippen molar-refractivity contribution in [2.24, 2.45) is 0 Å². The van der Waals surface area contributed by atoms with Crippen molar-refractivity contribution in [2.75, 3.05) is 7.05 Å². The number of likely N-dealkylation sites (N-methyl/N-ethyl adjacent to an activating group) is 1. The molecule has 1 aliphatic heterocycles. The van der Waals surface area contributed by atoms with Crippen molar-refractivity contribution in [3.8, 4) is 0 Å². The van der Waals surface area contributed by atoms with E-state index in [1.807, 2.05) is 30.3 Å². The van der Waals surface area contributed by atoms with Crippen molar-refractivity contribution < 1.29 is 18.8 Å². The van der Waals surface area contributed by atoms with E-state index in [0.717, 1.165) is 5.56 Å². The first-order valence-electron chi connectivity index (χ1n) is 10.5. The monoisotopic (exact) mass is 449 g/mol. The lowest BCUT2D eigenvalue weighted by molar-refractivity contribution is -0.132. The SMILES string of the molecule is CN1C(=O)c2cc(C(=O)NCc3ccccc3F)nn2C[C@@]1(C)C(=O)NCc1ccccc1. The Balaban J connectivity index is 1.48. The van der Waals surface area contributed by atoms with Gasteiger partial charge >= 0.3 is 0 Å². The fourth-order valence-electron chi connectivity index (χ4n) is 3.71. The lowest BCUT2D eigenvalue weighted by atomic mass is 9.96. The fraction of sp³-hybridized carbons (Fsp3) is 0.250. The summed E-state index contributed by atoms with van der Waals surface area (Å²) in [5, 5.41) is 9.74. The van der Waals surface area contributed by atoms with Crippen molar-refractivity contribution in [1.82, 2.24) is 25.3 Å². The zero-order chi connectivity index (χ0) is 23.6. The molecule has 3 aromatic rings. The molecule has 33 heavy (non-hydrogen) atoms. The van der Waals surface area contributed by atoms with Crippen molar-refractivity contribution in [1.29, 1.82) is 0 Å². The lowest BCUT2D eigenvalue weighted by Crippen LogP contribution is -2.62. The Labute approximate surface area is 190 Å². The number of amides is 3. The number of hydrogen-bond donors (Lipinski definition) is 2. The molecule has 1 aromatic heterocycles. The van der Waals surface area contributed by atoms with Gasteiger partial charge < -0.3 is 15.5 Å². The Morgan fingerprint density at radius 2 is 1.76 bits per heavy atom. The molecule has 4 rings (SSSR count). The summed E-state index contributed by atoms with van der Waals surface area (Å²) in [5.41, 5.74) is 0.325. The molecule has 0 bridgehead atoms. The van der Waals surface area contributed by atoms with E-state index in [0.29, 0.717) is 12.1 Å². The molecular weight excluding hydrogens is 425 g/mol. The predicted octanol–water partition coefficient (Wildman–Crippen LogP) is 2.11. The van der Waals surface area contributed by atoms with Crippen LogP contribution in [0, 0.1) is 5.82 Å². The number of halogens is 1. The first kappa shape index (κ1) is 22.2. The number of benzene rings is 2. The zero-order valence-corrected chi connectivity index (χ0v) is 18.3. The van der Waals surface area contributed by atoms with Crippen LogP contribution in [0.1, 0.15) is 39.0 Å². The summed E-state index contributed by atoms with van der Waals surface area (Å²) in [6.07, 6.45) is 0. The molecule has 2 aromatic carbocycles. The molecule has 1 aliphatic rings. The van der Waals surface area contributed by atoms with Crippen LogP contribution >= 0.6 is 0 Å². The number of fused-ring (bicyclic) bond motifs is 1. The number of carbonyl (C=O) groups excluding carboxylic acids is 3. The van der Waals surface area contributed by atoms with Crippen LogP contribution in [0.2, 0.25) is 0 Å². The van der Waals surface area contributed by atoms with Crippen molar-refractivity contribution >= 4 is 17.7 Å². The Kier molecular flexibility index (Phi) is 5.95. The van der Waals surface area contributed by atoms with E-state index in [-0.39, 0.29) is 30.4 Å². The average molecular weight is 449 g/mol. The predicted molar refractivity (Wildman–Crippen MR) is 119 cm³/mol. The van der Waals surface area contributed by atoms with E-state index in [1.165, 1.54) is 21.7 Å². The van der Waals surface area contributed by atoms with Gasteiger partial charge in [-0.1, -0.05) is 48.5 Å². The highest BCUT2D eigenvalue weighted by atomic mass is 19.1. The van der Waals surface area contributed by atoms with Crippen molar-refractivity contribution in [3.63, 3.8) is 0 Å². The second-order valence-electron chi connectivity index (χ2n) is 8.15. The van der Waals surface area contributed by atoms with E-state index in [9.17, 15) is 18.8 Å². The summed E-state index contributed by atoms with van der Waals surface area (Å²) in [4.78, 5) is 39.9. The largest absolute Gasteiger partial charge is 0.350 e. The third-order valence-corrected chi connectivity index (χ3v) is 5.92.